The number of carbonyl (C=O) groups excluding carboxylic acids is 1. The van der Waals surface area contributed by atoms with E-state index in [0.717, 1.165) is 42.3 Å². The number of amides is 1. The average molecular weight is 273 g/mol. The number of pyridine rings is 1. The van der Waals surface area contributed by atoms with E-state index in [-0.39, 0.29) is 5.69 Å². The number of ether oxygens (including phenoxy) is 1. The number of unbranched alkanes of at least 4 members (excludes halogenated alkanes) is 2. The predicted molar refractivity (Wildman–Crippen MR) is 78.7 cm³/mol. The lowest BCUT2D eigenvalue weighted by Gasteiger charge is -2.08. The maximum absolute atomic E-state index is 11.3. The van der Waals surface area contributed by atoms with E-state index in [1.54, 1.807) is 6.20 Å². The Kier molecular flexibility index (Phi) is 4.90. The Morgan fingerprint density at radius 3 is 2.80 bits per heavy atom. The van der Waals surface area contributed by atoms with Gasteiger partial charge in [0, 0.05) is 11.6 Å². The van der Waals surface area contributed by atoms with Crippen LogP contribution in [-0.2, 0) is 0 Å². The second-order valence-corrected chi connectivity index (χ2v) is 4.60. The second-order valence-electron chi connectivity index (χ2n) is 4.60. The van der Waals surface area contributed by atoms with Gasteiger partial charge in [-0.25, -0.2) is 0 Å². The zero-order chi connectivity index (χ0) is 14.4. The van der Waals surface area contributed by atoms with Crippen LogP contribution < -0.4 is 16.2 Å². The molecule has 0 saturated carbocycles. The zero-order valence-electron chi connectivity index (χ0n) is 11.3. The Labute approximate surface area is 117 Å². The molecule has 1 aromatic carbocycles. The fourth-order valence-electron chi connectivity index (χ4n) is 2.06. The molecule has 5 nitrogen and oxygen atoms in total. The third kappa shape index (κ3) is 3.45. The summed E-state index contributed by atoms with van der Waals surface area (Å²) in [7, 11) is 0. The minimum absolute atomic E-state index is 0.289. The van der Waals surface area contributed by atoms with Gasteiger partial charge < -0.3 is 16.2 Å². The topological polar surface area (TPSA) is 91.2 Å². The third-order valence-electron chi connectivity index (χ3n) is 3.09. The largest absolute Gasteiger partial charge is 0.494 e. The predicted octanol–water partition coefficient (Wildman–Crippen LogP) is 1.84. The Morgan fingerprint density at radius 1 is 1.20 bits per heavy atom. The molecule has 0 saturated heterocycles. The van der Waals surface area contributed by atoms with Gasteiger partial charge in [0.05, 0.1) is 6.61 Å². The van der Waals surface area contributed by atoms with Crippen LogP contribution in [0.2, 0.25) is 0 Å². The summed E-state index contributed by atoms with van der Waals surface area (Å²) in [6.45, 7) is 1.39. The molecular formula is C15H19N3O2. The van der Waals surface area contributed by atoms with E-state index >= 15 is 0 Å². The number of benzene rings is 1. The minimum atomic E-state index is -0.522. The minimum Gasteiger partial charge on any atom is -0.494 e. The van der Waals surface area contributed by atoms with Crippen molar-refractivity contribution in [2.24, 2.45) is 11.5 Å². The van der Waals surface area contributed by atoms with Crippen LogP contribution in [0, 0.1) is 0 Å². The zero-order valence-corrected chi connectivity index (χ0v) is 11.3. The number of fused-ring (bicyclic) bond motifs is 1. The summed E-state index contributed by atoms with van der Waals surface area (Å²) >= 11 is 0. The van der Waals surface area contributed by atoms with Gasteiger partial charge >= 0.3 is 0 Å². The SMILES string of the molecule is NCCCCCOc1ccc2c(C(N)=O)nccc2c1. The van der Waals surface area contributed by atoms with E-state index in [0.29, 0.717) is 6.61 Å². The highest BCUT2D eigenvalue weighted by molar-refractivity contribution is 6.04. The van der Waals surface area contributed by atoms with Crippen molar-refractivity contribution in [3.63, 3.8) is 0 Å². The van der Waals surface area contributed by atoms with Crippen LogP contribution >= 0.6 is 0 Å². The Morgan fingerprint density at radius 2 is 2.05 bits per heavy atom. The molecular weight excluding hydrogens is 254 g/mol. The fraction of sp³-hybridized carbons (Fsp3) is 0.333. The van der Waals surface area contributed by atoms with Gasteiger partial charge in [-0.15, -0.1) is 0 Å². The van der Waals surface area contributed by atoms with E-state index in [1.165, 1.54) is 0 Å². The van der Waals surface area contributed by atoms with Gasteiger partial charge in [-0.05, 0) is 55.5 Å². The summed E-state index contributed by atoms with van der Waals surface area (Å²) < 4.78 is 5.68. The molecule has 4 N–H and O–H groups in total. The summed E-state index contributed by atoms with van der Waals surface area (Å²) in [4.78, 5) is 15.3. The van der Waals surface area contributed by atoms with E-state index < -0.39 is 5.91 Å². The van der Waals surface area contributed by atoms with Crippen LogP contribution in [-0.4, -0.2) is 24.0 Å². The van der Waals surface area contributed by atoms with Gasteiger partial charge in [-0.1, -0.05) is 0 Å². The standard InChI is InChI=1S/C15H19N3O2/c16-7-2-1-3-9-20-12-4-5-13-11(10-12)6-8-18-14(13)15(17)19/h4-6,8,10H,1-3,7,9,16H2,(H2,17,19). The number of nitrogens with zero attached hydrogens (tertiary/aromatic N) is 1. The normalized spacial score (nSPS) is 10.7. The Balaban J connectivity index is 2.08. The van der Waals surface area contributed by atoms with Crippen LogP contribution in [0.25, 0.3) is 10.8 Å². The van der Waals surface area contributed by atoms with Gasteiger partial charge in [-0.3, -0.25) is 9.78 Å². The molecule has 0 atom stereocenters. The molecule has 0 bridgehead atoms. The molecule has 0 radical (unpaired) electrons. The quantitative estimate of drug-likeness (QED) is 0.753. The van der Waals surface area contributed by atoms with Crippen molar-refractivity contribution >= 4 is 16.7 Å². The molecule has 2 rings (SSSR count). The summed E-state index contributed by atoms with van der Waals surface area (Å²) in [6, 6.07) is 7.38. The van der Waals surface area contributed by atoms with E-state index in [4.69, 9.17) is 16.2 Å². The monoisotopic (exact) mass is 273 g/mol. The van der Waals surface area contributed by atoms with Gasteiger partial charge in [0.15, 0.2) is 0 Å². The molecule has 1 heterocycles. The van der Waals surface area contributed by atoms with Crippen molar-refractivity contribution in [2.45, 2.75) is 19.3 Å². The molecule has 0 aliphatic rings. The fourth-order valence-corrected chi connectivity index (χ4v) is 2.06. The molecule has 1 aromatic heterocycles. The highest BCUT2D eigenvalue weighted by atomic mass is 16.5. The number of carbonyl (C=O) groups is 1. The van der Waals surface area contributed by atoms with Crippen molar-refractivity contribution in [3.8, 4) is 5.75 Å². The lowest BCUT2D eigenvalue weighted by molar-refractivity contribution is 0.0997. The molecule has 1 amide bonds. The highest BCUT2D eigenvalue weighted by Gasteiger charge is 2.08. The highest BCUT2D eigenvalue weighted by Crippen LogP contribution is 2.22. The molecule has 0 spiro atoms. The maximum atomic E-state index is 11.3. The third-order valence-corrected chi connectivity index (χ3v) is 3.09. The van der Waals surface area contributed by atoms with E-state index in [1.807, 2.05) is 24.3 Å². The van der Waals surface area contributed by atoms with E-state index in [2.05, 4.69) is 4.98 Å². The van der Waals surface area contributed by atoms with Crippen molar-refractivity contribution in [2.75, 3.05) is 13.2 Å². The number of primary amides is 1. The van der Waals surface area contributed by atoms with Crippen molar-refractivity contribution in [1.82, 2.24) is 4.98 Å². The molecule has 20 heavy (non-hydrogen) atoms. The van der Waals surface area contributed by atoms with Crippen LogP contribution in [0.1, 0.15) is 29.8 Å². The molecule has 0 unspecified atom stereocenters. The van der Waals surface area contributed by atoms with Crippen molar-refractivity contribution < 1.29 is 9.53 Å². The lowest BCUT2D eigenvalue weighted by atomic mass is 10.1. The Bertz CT molecular complexity index is 599. The number of nitrogens with two attached hydrogens (primary N) is 2. The lowest BCUT2D eigenvalue weighted by Crippen LogP contribution is -2.13. The summed E-state index contributed by atoms with van der Waals surface area (Å²) in [5.41, 5.74) is 11.0. The Hall–Kier alpha value is -2.14. The van der Waals surface area contributed by atoms with Gasteiger partial charge in [-0.2, -0.15) is 0 Å². The second kappa shape index (κ2) is 6.86. The molecule has 0 aliphatic carbocycles. The summed E-state index contributed by atoms with van der Waals surface area (Å²) in [5.74, 6) is 0.262. The number of rotatable bonds is 7. The first-order chi connectivity index (χ1) is 9.72. The first kappa shape index (κ1) is 14.3. The summed E-state index contributed by atoms with van der Waals surface area (Å²) in [6.07, 6.45) is 4.65. The number of aromatic nitrogens is 1. The average Bonchev–Trinajstić information content (AvgIpc) is 2.46. The van der Waals surface area contributed by atoms with E-state index in [9.17, 15) is 4.79 Å². The maximum Gasteiger partial charge on any atom is 0.267 e. The van der Waals surface area contributed by atoms with Gasteiger partial charge in [0.25, 0.3) is 5.91 Å². The number of hydrogen-bond acceptors (Lipinski definition) is 4. The van der Waals surface area contributed by atoms with Crippen LogP contribution in [0.3, 0.4) is 0 Å². The molecule has 0 fully saturated rings. The molecule has 2 aromatic rings. The number of hydrogen-bond donors (Lipinski definition) is 2. The first-order valence-electron chi connectivity index (χ1n) is 6.74. The summed E-state index contributed by atoms with van der Waals surface area (Å²) in [5, 5.41) is 1.64. The van der Waals surface area contributed by atoms with Crippen molar-refractivity contribution in [3.05, 3.63) is 36.2 Å². The van der Waals surface area contributed by atoms with Gasteiger partial charge in [0.2, 0.25) is 0 Å². The first-order valence-corrected chi connectivity index (χ1v) is 6.74. The molecule has 106 valence electrons. The van der Waals surface area contributed by atoms with Crippen LogP contribution in [0.4, 0.5) is 0 Å². The van der Waals surface area contributed by atoms with Crippen LogP contribution in [0.15, 0.2) is 30.5 Å². The molecule has 0 aliphatic heterocycles. The smallest absolute Gasteiger partial charge is 0.267 e. The van der Waals surface area contributed by atoms with Crippen LogP contribution in [0.5, 0.6) is 5.75 Å². The van der Waals surface area contributed by atoms with Gasteiger partial charge in [0.1, 0.15) is 11.4 Å². The molecule has 5 heteroatoms. The van der Waals surface area contributed by atoms with Crippen molar-refractivity contribution in [1.29, 1.82) is 0 Å².